The molecule has 108 valence electrons. The number of hydrogen-bond donors (Lipinski definition) is 1. The fourth-order valence-electron chi connectivity index (χ4n) is 3.16. The molecule has 0 aliphatic carbocycles. The van der Waals surface area contributed by atoms with E-state index in [0.29, 0.717) is 0 Å². The molecule has 1 saturated heterocycles. The zero-order valence-electron chi connectivity index (χ0n) is 12.3. The summed E-state index contributed by atoms with van der Waals surface area (Å²) in [5.41, 5.74) is 4.71. The van der Waals surface area contributed by atoms with Gasteiger partial charge in [-0.1, -0.05) is 6.07 Å². The number of anilines is 1. The van der Waals surface area contributed by atoms with E-state index in [9.17, 15) is 0 Å². The van der Waals surface area contributed by atoms with Crippen LogP contribution in [0, 0.1) is 6.92 Å². The average molecular weight is 280 g/mol. The molecule has 4 nitrogen and oxygen atoms in total. The lowest BCUT2D eigenvalue weighted by Crippen LogP contribution is -2.29. The second kappa shape index (κ2) is 5.04. The summed E-state index contributed by atoms with van der Waals surface area (Å²) < 4.78 is 2.26. The van der Waals surface area contributed by atoms with Crippen LogP contribution in [0.4, 0.5) is 5.82 Å². The van der Waals surface area contributed by atoms with Crippen LogP contribution in [0.1, 0.15) is 12.0 Å². The van der Waals surface area contributed by atoms with Gasteiger partial charge in [0.2, 0.25) is 0 Å². The van der Waals surface area contributed by atoms with Crippen molar-refractivity contribution < 1.29 is 0 Å². The Bertz CT molecular complexity index is 782. The zero-order chi connectivity index (χ0) is 14.2. The van der Waals surface area contributed by atoms with E-state index in [1.807, 2.05) is 0 Å². The zero-order valence-corrected chi connectivity index (χ0v) is 12.3. The van der Waals surface area contributed by atoms with E-state index in [-0.39, 0.29) is 0 Å². The number of benzene rings is 1. The number of hydrogen-bond acceptors (Lipinski definition) is 3. The highest BCUT2D eigenvalue weighted by molar-refractivity contribution is 5.85. The lowest BCUT2D eigenvalue weighted by molar-refractivity contribution is 0.724. The second-order valence-electron chi connectivity index (χ2n) is 5.78. The Balaban J connectivity index is 1.94. The normalized spacial score (nSPS) is 16.5. The molecule has 3 heterocycles. The van der Waals surface area contributed by atoms with E-state index < -0.39 is 0 Å². The summed E-state index contributed by atoms with van der Waals surface area (Å²) in [6, 6.07) is 10.8. The first-order valence-corrected chi connectivity index (χ1v) is 7.66. The minimum atomic E-state index is 1.02. The molecule has 0 amide bonds. The molecule has 21 heavy (non-hydrogen) atoms. The Morgan fingerprint density at radius 2 is 2.05 bits per heavy atom. The number of nitrogens with one attached hydrogen (secondary N) is 1. The molecule has 1 aromatic carbocycles. The largest absolute Gasteiger partial charge is 0.354 e. The SMILES string of the molecule is Cc1ccc2c(c1)nc(N1CCCNCC1)c1cccn12. The summed E-state index contributed by atoms with van der Waals surface area (Å²) in [7, 11) is 0. The standard InChI is InChI=1S/C17H20N4/c1-13-5-6-15-14(12-13)19-17(16-4-2-10-21(15)16)20-9-3-7-18-8-11-20/h2,4-6,10,12,18H,3,7-9,11H2,1H3. The number of fused-ring (bicyclic) bond motifs is 3. The average Bonchev–Trinajstić information content (AvgIpc) is 2.81. The van der Waals surface area contributed by atoms with Gasteiger partial charge >= 0.3 is 0 Å². The lowest BCUT2D eigenvalue weighted by atomic mass is 10.2. The van der Waals surface area contributed by atoms with Crippen LogP contribution in [0.2, 0.25) is 0 Å². The van der Waals surface area contributed by atoms with Crippen molar-refractivity contribution in [2.24, 2.45) is 0 Å². The molecule has 1 fully saturated rings. The van der Waals surface area contributed by atoms with Gasteiger partial charge in [-0.15, -0.1) is 0 Å². The molecular formula is C17H20N4. The van der Waals surface area contributed by atoms with Crippen LogP contribution in [0.15, 0.2) is 36.5 Å². The third-order valence-electron chi connectivity index (χ3n) is 4.23. The van der Waals surface area contributed by atoms with Crippen molar-refractivity contribution in [3.63, 3.8) is 0 Å². The van der Waals surface area contributed by atoms with Crippen LogP contribution < -0.4 is 10.2 Å². The first-order chi connectivity index (χ1) is 10.3. The van der Waals surface area contributed by atoms with Crippen molar-refractivity contribution in [3.8, 4) is 0 Å². The molecule has 1 N–H and O–H groups in total. The van der Waals surface area contributed by atoms with E-state index in [0.717, 1.165) is 37.5 Å². The van der Waals surface area contributed by atoms with Gasteiger partial charge in [-0.2, -0.15) is 0 Å². The molecule has 0 saturated carbocycles. The maximum atomic E-state index is 4.98. The number of aryl methyl sites for hydroxylation is 1. The summed E-state index contributed by atoms with van der Waals surface area (Å²) in [5.74, 6) is 1.11. The van der Waals surface area contributed by atoms with Gasteiger partial charge in [-0.3, -0.25) is 0 Å². The van der Waals surface area contributed by atoms with Gasteiger partial charge in [-0.05, 0) is 49.7 Å². The summed E-state index contributed by atoms with van der Waals surface area (Å²) in [5, 5.41) is 3.46. The molecular weight excluding hydrogens is 260 g/mol. The summed E-state index contributed by atoms with van der Waals surface area (Å²) in [4.78, 5) is 7.39. The van der Waals surface area contributed by atoms with Gasteiger partial charge in [0.1, 0.15) is 0 Å². The molecule has 0 atom stereocenters. The number of aromatic nitrogens is 2. The van der Waals surface area contributed by atoms with Gasteiger partial charge in [0, 0.05) is 25.8 Å². The second-order valence-corrected chi connectivity index (χ2v) is 5.78. The van der Waals surface area contributed by atoms with E-state index >= 15 is 0 Å². The van der Waals surface area contributed by atoms with Crippen LogP contribution in [0.5, 0.6) is 0 Å². The molecule has 0 unspecified atom stereocenters. The quantitative estimate of drug-likeness (QED) is 0.743. The third-order valence-corrected chi connectivity index (χ3v) is 4.23. The smallest absolute Gasteiger partial charge is 0.153 e. The number of rotatable bonds is 1. The molecule has 2 aromatic heterocycles. The number of nitrogens with zero attached hydrogens (tertiary/aromatic N) is 3. The van der Waals surface area contributed by atoms with Crippen molar-refractivity contribution in [2.45, 2.75) is 13.3 Å². The molecule has 0 bridgehead atoms. The highest BCUT2D eigenvalue weighted by Gasteiger charge is 2.16. The molecule has 0 radical (unpaired) electrons. The molecule has 3 aromatic rings. The molecule has 4 rings (SSSR count). The van der Waals surface area contributed by atoms with Crippen molar-refractivity contribution in [3.05, 3.63) is 42.1 Å². The lowest BCUT2D eigenvalue weighted by Gasteiger charge is -2.23. The van der Waals surface area contributed by atoms with Crippen LogP contribution in [0.25, 0.3) is 16.6 Å². The molecule has 1 aliphatic heterocycles. The van der Waals surface area contributed by atoms with Gasteiger partial charge in [0.25, 0.3) is 0 Å². The van der Waals surface area contributed by atoms with E-state index in [1.54, 1.807) is 0 Å². The van der Waals surface area contributed by atoms with Crippen molar-refractivity contribution in [1.82, 2.24) is 14.7 Å². The van der Waals surface area contributed by atoms with E-state index in [2.05, 4.69) is 58.1 Å². The van der Waals surface area contributed by atoms with Crippen molar-refractivity contribution >= 4 is 22.4 Å². The van der Waals surface area contributed by atoms with Crippen LogP contribution in [-0.2, 0) is 0 Å². The Morgan fingerprint density at radius 1 is 1.10 bits per heavy atom. The van der Waals surface area contributed by atoms with Crippen LogP contribution in [-0.4, -0.2) is 35.6 Å². The van der Waals surface area contributed by atoms with E-state index in [1.165, 1.54) is 23.0 Å². The summed E-state index contributed by atoms with van der Waals surface area (Å²) in [6.45, 7) is 6.33. The topological polar surface area (TPSA) is 32.6 Å². The Labute approximate surface area is 124 Å². The molecule has 1 aliphatic rings. The van der Waals surface area contributed by atoms with Gasteiger partial charge < -0.3 is 14.6 Å². The minimum Gasteiger partial charge on any atom is -0.354 e. The third kappa shape index (κ3) is 2.16. The van der Waals surface area contributed by atoms with Crippen molar-refractivity contribution in [1.29, 1.82) is 0 Å². The molecule has 0 spiro atoms. The molecule has 4 heteroatoms. The van der Waals surface area contributed by atoms with Crippen LogP contribution in [0.3, 0.4) is 0 Å². The summed E-state index contributed by atoms with van der Waals surface area (Å²) in [6.07, 6.45) is 3.30. The predicted molar refractivity (Wildman–Crippen MR) is 87.1 cm³/mol. The Kier molecular flexibility index (Phi) is 3.04. The van der Waals surface area contributed by atoms with Gasteiger partial charge in [-0.25, -0.2) is 4.98 Å². The minimum absolute atomic E-state index is 1.02. The maximum absolute atomic E-state index is 4.98. The predicted octanol–water partition coefficient (Wildman–Crippen LogP) is 2.60. The van der Waals surface area contributed by atoms with Gasteiger partial charge in [0.15, 0.2) is 5.82 Å². The Hall–Kier alpha value is -2.07. The van der Waals surface area contributed by atoms with Gasteiger partial charge in [0.05, 0.1) is 16.6 Å². The van der Waals surface area contributed by atoms with E-state index in [4.69, 9.17) is 4.98 Å². The highest BCUT2D eigenvalue weighted by atomic mass is 15.2. The highest BCUT2D eigenvalue weighted by Crippen LogP contribution is 2.26. The van der Waals surface area contributed by atoms with Crippen molar-refractivity contribution in [2.75, 3.05) is 31.1 Å². The fourth-order valence-corrected chi connectivity index (χ4v) is 3.16. The monoisotopic (exact) mass is 280 g/mol. The van der Waals surface area contributed by atoms with Crippen LogP contribution >= 0.6 is 0 Å². The first kappa shape index (κ1) is 12.7. The summed E-state index contributed by atoms with van der Waals surface area (Å²) >= 11 is 0. The Morgan fingerprint density at radius 3 is 3.00 bits per heavy atom. The maximum Gasteiger partial charge on any atom is 0.153 e. The first-order valence-electron chi connectivity index (χ1n) is 7.66. The fraction of sp³-hybridized carbons (Fsp3) is 0.353.